The molecule has 6 unspecified atom stereocenters. The van der Waals surface area contributed by atoms with Crippen LogP contribution in [0, 0.1) is 27.9 Å². The molecule has 5 rings (SSSR count). The number of phenols is 1. The average Bonchev–Trinajstić information content (AvgIpc) is 3.14. The molecule has 2 aromatic carbocycles. The number of phenolic OH excluding ortho intramolecular Hbond substituents is 1. The molecule has 1 fully saturated rings. The van der Waals surface area contributed by atoms with Crippen molar-refractivity contribution in [2.24, 2.45) is 22.9 Å². The molecule has 2 aromatic rings. The third kappa shape index (κ3) is 8.11. The van der Waals surface area contributed by atoms with Crippen LogP contribution in [-0.2, 0) is 20.9 Å². The second-order valence-corrected chi connectivity index (χ2v) is 13.7. The minimum atomic E-state index is -1.42. The molecule has 13 nitrogen and oxygen atoms in total. The van der Waals surface area contributed by atoms with Gasteiger partial charge in [0.25, 0.3) is 5.69 Å². The number of fused-ring (bicyclic) bond motifs is 2. The lowest BCUT2D eigenvalue weighted by molar-refractivity contribution is -0.384. The number of oxime groups is 1. The molecule has 0 spiro atoms. The number of aliphatic hydroxyl groups is 2. The lowest BCUT2D eigenvalue weighted by Gasteiger charge is -2.59. The highest BCUT2D eigenvalue weighted by Crippen LogP contribution is 2.61. The van der Waals surface area contributed by atoms with Crippen LogP contribution in [0.5, 0.6) is 11.5 Å². The van der Waals surface area contributed by atoms with Gasteiger partial charge in [0, 0.05) is 49.8 Å². The molecule has 0 aromatic heterocycles. The van der Waals surface area contributed by atoms with Crippen molar-refractivity contribution in [1.82, 2.24) is 4.90 Å². The molecule has 3 N–H and O–H groups in total. The summed E-state index contributed by atoms with van der Waals surface area (Å²) in [6, 6.07) is 10.4. The van der Waals surface area contributed by atoms with E-state index in [1.807, 2.05) is 6.92 Å². The predicted octanol–water partition coefficient (Wildman–Crippen LogP) is 6.61. The number of allylic oxidation sites excluding steroid dienone is 1. The molecule has 6 atom stereocenters. The van der Waals surface area contributed by atoms with Crippen LogP contribution in [0.3, 0.4) is 0 Å². The van der Waals surface area contributed by atoms with Gasteiger partial charge in [0.15, 0.2) is 0 Å². The zero-order valence-electron chi connectivity index (χ0n) is 30.0. The van der Waals surface area contributed by atoms with E-state index in [9.17, 15) is 30.2 Å². The van der Waals surface area contributed by atoms with Gasteiger partial charge in [0.05, 0.1) is 30.3 Å². The molecule has 52 heavy (non-hydrogen) atoms. The summed E-state index contributed by atoms with van der Waals surface area (Å²) in [7, 11) is 1.34. The Balaban J connectivity index is 1.71. The van der Waals surface area contributed by atoms with Crippen LogP contribution in [0.4, 0.5) is 10.5 Å². The van der Waals surface area contributed by atoms with Crippen LogP contribution in [0.25, 0.3) is 0 Å². The number of non-ortho nitro benzene ring substituents is 1. The first kappa shape index (κ1) is 38.8. The third-order valence-electron chi connectivity index (χ3n) is 10.5. The number of nitro benzene ring substituents is 1. The summed E-state index contributed by atoms with van der Waals surface area (Å²) < 4.78 is 19.2. The van der Waals surface area contributed by atoms with E-state index in [2.05, 4.69) is 12.7 Å². The number of benzene rings is 2. The van der Waals surface area contributed by atoms with Crippen molar-refractivity contribution in [1.29, 1.82) is 0 Å². The molecule has 0 radical (unpaired) electrons. The Kier molecular flexibility index (Phi) is 13.3. The van der Waals surface area contributed by atoms with E-state index in [4.69, 9.17) is 24.2 Å². The number of carbonyl (C=O) groups excluding carboxylic acids is 1. The van der Waals surface area contributed by atoms with Gasteiger partial charge in [-0.3, -0.25) is 15.0 Å². The molecule has 1 heterocycles. The fraction of sp³-hybridized carbons (Fsp3) is 0.538. The molecule has 0 saturated heterocycles. The molecular weight excluding hydrogens is 670 g/mol. The Morgan fingerprint density at radius 2 is 1.87 bits per heavy atom. The number of aromatic hydroxyl groups is 1. The van der Waals surface area contributed by atoms with Crippen molar-refractivity contribution in [3.8, 4) is 11.5 Å². The van der Waals surface area contributed by atoms with Crippen molar-refractivity contribution in [3.05, 3.63) is 88.0 Å². The van der Waals surface area contributed by atoms with E-state index < -0.39 is 28.8 Å². The molecule has 1 saturated carbocycles. The number of unbranched alkanes of at least 4 members (excludes halogenated alkanes) is 2. The number of hydrogen-bond acceptors (Lipinski definition) is 11. The number of aliphatic hydroxyl groups excluding tert-OH is 2. The topological polar surface area (TPSA) is 173 Å². The number of carbonyl (C=O) groups is 1. The van der Waals surface area contributed by atoms with E-state index in [1.54, 1.807) is 41.3 Å². The van der Waals surface area contributed by atoms with Gasteiger partial charge >= 0.3 is 6.09 Å². The first-order chi connectivity index (χ1) is 25.2. The number of nitrogens with zero attached hydrogens (tertiary/aromatic N) is 3. The number of amides is 1. The van der Waals surface area contributed by atoms with Crippen molar-refractivity contribution >= 4 is 17.5 Å². The molecule has 1 amide bonds. The Morgan fingerprint density at radius 3 is 2.52 bits per heavy atom. The Morgan fingerprint density at radius 1 is 1.13 bits per heavy atom. The van der Waals surface area contributed by atoms with E-state index in [-0.39, 0.29) is 62.0 Å². The average molecular weight is 722 g/mol. The number of nitro groups is 1. The van der Waals surface area contributed by atoms with E-state index in [1.165, 1.54) is 19.2 Å². The summed E-state index contributed by atoms with van der Waals surface area (Å²) in [5.41, 5.74) is 2.96. The van der Waals surface area contributed by atoms with E-state index >= 15 is 0 Å². The highest BCUT2D eigenvalue weighted by Gasteiger charge is 2.65. The standard InChI is InChI=1S/C39H51N3O10/c1-4-18-41(38(46)49-3)35-24-33(40-51-25-26-12-14-28(15-13-26)42(47)48)31-22-27(10-6-8-19-43)30(11-7-9-20-44)36-32-23-29(45)16-17-34(32)52-39(35,37(31)36)50-21-5-2/h5,12-17,22-23,27,30,35-37,43-45H,2,4,6-11,18-21,24-25H2,1,3H3. The summed E-state index contributed by atoms with van der Waals surface area (Å²) in [5.74, 6) is -1.49. The summed E-state index contributed by atoms with van der Waals surface area (Å²) in [5, 5.41) is 46.2. The van der Waals surface area contributed by atoms with Crippen molar-refractivity contribution in [3.63, 3.8) is 0 Å². The molecular formula is C39H51N3O10. The molecule has 1 aliphatic heterocycles. The highest BCUT2D eigenvalue weighted by molar-refractivity contribution is 6.03. The Hall–Kier alpha value is -4.46. The first-order valence-electron chi connectivity index (χ1n) is 18.2. The molecule has 2 aliphatic carbocycles. The summed E-state index contributed by atoms with van der Waals surface area (Å²) in [4.78, 5) is 32.0. The molecule has 3 aliphatic rings. The van der Waals surface area contributed by atoms with Gasteiger partial charge in [0.2, 0.25) is 5.79 Å². The van der Waals surface area contributed by atoms with Crippen molar-refractivity contribution < 1.29 is 44.1 Å². The molecule has 13 heteroatoms. The summed E-state index contributed by atoms with van der Waals surface area (Å²) in [6.45, 7) is 6.57. The minimum absolute atomic E-state index is 0.0222. The van der Waals surface area contributed by atoms with Crippen LogP contribution in [-0.4, -0.2) is 82.3 Å². The monoisotopic (exact) mass is 721 g/mol. The normalized spacial score (nSPS) is 25.3. The summed E-state index contributed by atoms with van der Waals surface area (Å²) in [6.07, 6.45) is 8.58. The minimum Gasteiger partial charge on any atom is -0.508 e. The SMILES string of the molecule is C=CCOC12Oc3ccc(O)cc3C3C(CCCCO)C(CCCCO)C=C(C(=NOCc4ccc([N+](=O)[O-])cc4)CC1N(CCC)C(=O)OC)C32. The van der Waals surface area contributed by atoms with Crippen LogP contribution >= 0.6 is 0 Å². The summed E-state index contributed by atoms with van der Waals surface area (Å²) >= 11 is 0. The zero-order chi connectivity index (χ0) is 37.3. The lowest BCUT2D eigenvalue weighted by atomic mass is 9.55. The Labute approximate surface area is 304 Å². The van der Waals surface area contributed by atoms with Crippen LogP contribution < -0.4 is 4.74 Å². The number of methoxy groups -OCH3 is 1. The van der Waals surface area contributed by atoms with Gasteiger partial charge in [-0.25, -0.2) is 4.79 Å². The quantitative estimate of drug-likeness (QED) is 0.0658. The van der Waals surface area contributed by atoms with Crippen molar-refractivity contribution in [2.75, 3.05) is 33.5 Å². The fourth-order valence-corrected chi connectivity index (χ4v) is 8.29. The maximum atomic E-state index is 13.6. The molecule has 0 bridgehead atoms. The maximum Gasteiger partial charge on any atom is 0.409 e. The smallest absolute Gasteiger partial charge is 0.409 e. The van der Waals surface area contributed by atoms with Gasteiger partial charge in [-0.05, 0) is 85.4 Å². The lowest BCUT2D eigenvalue weighted by Crippen LogP contribution is -2.70. The maximum absolute atomic E-state index is 13.6. The Bertz CT molecular complexity index is 1610. The van der Waals surface area contributed by atoms with Gasteiger partial charge in [-0.15, -0.1) is 6.58 Å². The number of hydrogen-bond donors (Lipinski definition) is 3. The zero-order valence-corrected chi connectivity index (χ0v) is 30.0. The largest absolute Gasteiger partial charge is 0.508 e. The first-order valence-corrected chi connectivity index (χ1v) is 18.2. The number of rotatable bonds is 18. The highest BCUT2D eigenvalue weighted by atomic mass is 16.7. The fourth-order valence-electron chi connectivity index (χ4n) is 8.29. The van der Waals surface area contributed by atoms with E-state index in [0.717, 1.165) is 36.8 Å². The predicted molar refractivity (Wildman–Crippen MR) is 194 cm³/mol. The van der Waals surface area contributed by atoms with Gasteiger partial charge in [-0.2, -0.15) is 0 Å². The van der Waals surface area contributed by atoms with E-state index in [0.29, 0.717) is 42.8 Å². The second-order valence-electron chi connectivity index (χ2n) is 13.7. The van der Waals surface area contributed by atoms with Crippen molar-refractivity contribution in [2.45, 2.75) is 82.6 Å². The van der Waals surface area contributed by atoms with Gasteiger partial charge in [0.1, 0.15) is 24.1 Å². The van der Waals surface area contributed by atoms with Crippen LogP contribution in [0.2, 0.25) is 0 Å². The van der Waals surface area contributed by atoms with Gasteiger partial charge in [-0.1, -0.05) is 37.1 Å². The third-order valence-corrected chi connectivity index (χ3v) is 10.5. The second kappa shape index (κ2) is 17.8. The van der Waals surface area contributed by atoms with Crippen LogP contribution in [0.1, 0.15) is 75.3 Å². The molecule has 282 valence electrons. The van der Waals surface area contributed by atoms with Gasteiger partial charge < -0.3 is 34.4 Å². The van der Waals surface area contributed by atoms with Crippen LogP contribution in [0.15, 0.2) is 71.9 Å². The number of ether oxygens (including phenoxy) is 3.